The number of nitrogens with zero attached hydrogens (tertiary/aromatic N) is 4. The molecule has 0 fully saturated rings. The number of carbonyl (C=O) groups is 1. The van der Waals surface area contributed by atoms with Crippen molar-refractivity contribution >= 4 is 50.2 Å². The molecule has 0 saturated heterocycles. The van der Waals surface area contributed by atoms with Gasteiger partial charge < -0.3 is 14.5 Å². The summed E-state index contributed by atoms with van der Waals surface area (Å²) in [6.07, 6.45) is 0. The van der Waals surface area contributed by atoms with Gasteiger partial charge in [-0.25, -0.2) is 9.37 Å². The van der Waals surface area contributed by atoms with Crippen molar-refractivity contribution in [3.63, 3.8) is 0 Å². The lowest BCUT2D eigenvalue weighted by atomic mass is 9.98. The highest BCUT2D eigenvalue weighted by atomic mass is 32.1. The molecule has 0 amide bonds. The van der Waals surface area contributed by atoms with Gasteiger partial charge in [0.1, 0.15) is 13.2 Å². The van der Waals surface area contributed by atoms with E-state index in [4.69, 9.17) is 9.72 Å². The Labute approximate surface area is 277 Å². The molecule has 1 aliphatic carbocycles. The van der Waals surface area contributed by atoms with E-state index in [0.717, 1.165) is 46.9 Å². The monoisotopic (exact) mass is 635 g/mol. The first-order chi connectivity index (χ1) is 22.2. The number of hydrogen-bond acceptors (Lipinski definition) is 6. The molecule has 0 aromatic heterocycles. The Morgan fingerprint density at radius 3 is 2.07 bits per heavy atom. The van der Waals surface area contributed by atoms with Crippen LogP contribution in [0.25, 0.3) is 43.2 Å². The number of hydrogen-bond donors (Lipinski definition) is 0. The molecule has 7 heteroatoms. The third-order valence-corrected chi connectivity index (χ3v) is 9.89. The smallest absolute Gasteiger partial charge is 0.378 e. The van der Waals surface area contributed by atoms with Crippen molar-refractivity contribution in [2.24, 2.45) is 0 Å². The maximum absolute atomic E-state index is 12.1. The average Bonchev–Trinajstić information content (AvgIpc) is 3.45. The molecule has 0 unspecified atom stereocenters. The lowest BCUT2D eigenvalue weighted by Crippen LogP contribution is -2.38. The molecule has 1 heterocycles. The van der Waals surface area contributed by atoms with Crippen molar-refractivity contribution in [1.29, 1.82) is 0 Å². The lowest BCUT2D eigenvalue weighted by Gasteiger charge is -2.22. The van der Waals surface area contributed by atoms with E-state index in [2.05, 4.69) is 129 Å². The molecule has 3 aromatic carbocycles. The number of ether oxygens (including phenoxy) is 1. The number of fused-ring (bicyclic) bond motifs is 5. The largest absolute Gasteiger partial charge is 0.458 e. The van der Waals surface area contributed by atoms with Gasteiger partial charge in [-0.05, 0) is 117 Å². The third-order valence-electron chi connectivity index (χ3n) is 8.78. The van der Waals surface area contributed by atoms with Gasteiger partial charge in [-0.2, -0.15) is 0 Å². The minimum atomic E-state index is -0.364. The molecular weight excluding hydrogens is 589 g/mol. The molecular formula is C39H47N4O2S+. The van der Waals surface area contributed by atoms with Crippen LogP contribution in [-0.2, 0) is 9.53 Å². The van der Waals surface area contributed by atoms with Gasteiger partial charge in [-0.15, -0.1) is 0 Å². The Morgan fingerprint density at radius 1 is 0.848 bits per heavy atom. The van der Waals surface area contributed by atoms with Crippen LogP contribution < -0.4 is 19.2 Å². The Bertz CT molecular complexity index is 1900. The summed E-state index contributed by atoms with van der Waals surface area (Å²) in [6, 6.07) is 24.8. The predicted octanol–water partition coefficient (Wildman–Crippen LogP) is 8.21. The molecule has 0 atom stereocenters. The maximum Gasteiger partial charge on any atom is 0.378 e. The summed E-state index contributed by atoms with van der Waals surface area (Å²) in [4.78, 5) is 24.3. The molecule has 0 spiro atoms. The summed E-state index contributed by atoms with van der Waals surface area (Å²) in [5.74, 6) is -0.364. The minimum absolute atomic E-state index is 0.161. The number of aromatic nitrogens is 1. The second-order valence-corrected chi connectivity index (χ2v) is 12.9. The highest BCUT2D eigenvalue weighted by Crippen LogP contribution is 2.44. The van der Waals surface area contributed by atoms with Crippen molar-refractivity contribution in [3.8, 4) is 21.7 Å². The lowest BCUT2D eigenvalue weighted by molar-refractivity contribution is -0.138. The Balaban J connectivity index is 1.86. The first-order valence-corrected chi connectivity index (χ1v) is 17.4. The second-order valence-electron chi connectivity index (χ2n) is 11.9. The minimum Gasteiger partial charge on any atom is -0.458 e. The summed E-state index contributed by atoms with van der Waals surface area (Å²) >= 11 is 1.72. The normalized spacial score (nSPS) is 12.2. The number of anilines is 2. The van der Waals surface area contributed by atoms with E-state index in [-0.39, 0.29) is 18.6 Å². The summed E-state index contributed by atoms with van der Waals surface area (Å²) in [5.41, 5.74) is 6.21. The fraction of sp³-hybridized carbons (Fsp3) is 0.359. The van der Waals surface area contributed by atoms with Crippen molar-refractivity contribution in [2.45, 2.75) is 54.5 Å². The SMILES string of the molecule is C=C(C)C(=O)OCC[N+](=c1nc2c3ccccc3c3cc(N(CC)CC)ccc3c(-c3ccc(N(CC)CC)cc3)c-2s1)C(C)C. The molecule has 0 N–H and O–H groups in total. The molecule has 0 bridgehead atoms. The van der Waals surface area contributed by atoms with Gasteiger partial charge in [0.2, 0.25) is 5.69 Å². The molecule has 240 valence electrons. The Morgan fingerprint density at radius 2 is 1.46 bits per heavy atom. The van der Waals surface area contributed by atoms with Crippen LogP contribution in [0.15, 0.2) is 78.9 Å². The Kier molecular flexibility index (Phi) is 10.4. The van der Waals surface area contributed by atoms with Crippen LogP contribution >= 0.6 is 11.3 Å². The van der Waals surface area contributed by atoms with E-state index >= 15 is 0 Å². The van der Waals surface area contributed by atoms with Crippen molar-refractivity contribution < 1.29 is 9.53 Å². The third kappa shape index (κ3) is 6.52. The van der Waals surface area contributed by atoms with E-state index in [1.165, 1.54) is 38.7 Å². The first kappa shape index (κ1) is 33.1. The van der Waals surface area contributed by atoms with Crippen molar-refractivity contribution in [3.05, 3.63) is 83.7 Å². The van der Waals surface area contributed by atoms with Crippen LogP contribution in [-0.4, -0.2) is 56.3 Å². The molecule has 0 saturated carbocycles. The molecule has 46 heavy (non-hydrogen) atoms. The predicted molar refractivity (Wildman–Crippen MR) is 197 cm³/mol. The van der Waals surface area contributed by atoms with Crippen LogP contribution in [0.3, 0.4) is 0 Å². The highest BCUT2D eigenvalue weighted by molar-refractivity contribution is 7.13. The fourth-order valence-electron chi connectivity index (χ4n) is 6.24. The van der Waals surface area contributed by atoms with E-state index in [1.807, 2.05) is 0 Å². The zero-order valence-electron chi connectivity index (χ0n) is 28.4. The first-order valence-electron chi connectivity index (χ1n) is 16.5. The number of carbonyl (C=O) groups excluding carboxylic acids is 1. The van der Waals surface area contributed by atoms with E-state index in [0.29, 0.717) is 12.1 Å². The van der Waals surface area contributed by atoms with Crippen LogP contribution in [0.4, 0.5) is 11.4 Å². The average molecular weight is 636 g/mol. The topological polar surface area (TPSA) is 48.7 Å². The van der Waals surface area contributed by atoms with Gasteiger partial charge in [-0.1, -0.05) is 43.0 Å². The number of thiazole rings is 1. The van der Waals surface area contributed by atoms with Crippen LogP contribution in [0, 0.1) is 0 Å². The zero-order chi connectivity index (χ0) is 33.0. The quantitative estimate of drug-likeness (QED) is 0.0786. The molecule has 0 radical (unpaired) electrons. The summed E-state index contributed by atoms with van der Waals surface area (Å²) in [6.45, 7) is 23.2. The number of rotatable bonds is 12. The van der Waals surface area contributed by atoms with Crippen molar-refractivity contribution in [2.75, 3.05) is 49.1 Å². The molecule has 5 rings (SSSR count). The summed E-state index contributed by atoms with van der Waals surface area (Å²) < 4.78 is 7.74. The summed E-state index contributed by atoms with van der Waals surface area (Å²) in [7, 11) is 0. The van der Waals surface area contributed by atoms with Crippen LogP contribution in [0.5, 0.6) is 0 Å². The van der Waals surface area contributed by atoms with Gasteiger partial charge in [0.15, 0.2) is 0 Å². The van der Waals surface area contributed by atoms with Gasteiger partial charge in [0, 0.05) is 54.1 Å². The zero-order valence-corrected chi connectivity index (χ0v) is 29.2. The standard InChI is InChI=1S/C39H47N4O2S/c1-9-41(10-2)29-19-17-28(18-20-29)35-32-22-21-30(42(11-3)12-4)25-34(32)31-15-13-14-16-33(31)36-37(35)46-39(40-36)43(27(7)8)23-24-45-38(44)26(5)6/h13-22,25,27H,5,9-12,23-24H2,1-4,6-8H3/q+1. The van der Waals surface area contributed by atoms with E-state index in [1.54, 1.807) is 18.3 Å². The van der Waals surface area contributed by atoms with Crippen LogP contribution in [0.1, 0.15) is 48.5 Å². The van der Waals surface area contributed by atoms with Gasteiger partial charge in [0.05, 0.1) is 10.9 Å². The number of esters is 1. The maximum atomic E-state index is 12.1. The molecule has 2 aliphatic rings. The second kappa shape index (κ2) is 14.5. The van der Waals surface area contributed by atoms with Gasteiger partial charge >= 0.3 is 10.8 Å². The van der Waals surface area contributed by atoms with E-state index in [9.17, 15) is 4.79 Å². The highest BCUT2D eigenvalue weighted by Gasteiger charge is 2.27. The van der Waals surface area contributed by atoms with Gasteiger partial charge in [-0.3, -0.25) is 0 Å². The van der Waals surface area contributed by atoms with Gasteiger partial charge in [0.25, 0.3) is 0 Å². The molecule has 6 nitrogen and oxygen atoms in total. The number of benzene rings is 3. The fourth-order valence-corrected chi connectivity index (χ4v) is 7.56. The van der Waals surface area contributed by atoms with E-state index < -0.39 is 0 Å². The van der Waals surface area contributed by atoms with Crippen LogP contribution in [0.2, 0.25) is 0 Å². The molecule has 1 aliphatic heterocycles. The van der Waals surface area contributed by atoms with Crippen molar-refractivity contribution in [1.82, 2.24) is 9.56 Å². The Hall–Kier alpha value is -4.23. The molecule has 3 aromatic rings. The summed E-state index contributed by atoms with van der Waals surface area (Å²) in [5, 5.41) is 4.75.